The van der Waals surface area contributed by atoms with Gasteiger partial charge in [0, 0.05) is 20.1 Å². The Hall–Kier alpha value is -1.89. The van der Waals surface area contributed by atoms with Crippen molar-refractivity contribution in [1.29, 1.82) is 0 Å². The molecule has 0 aliphatic heterocycles. The van der Waals surface area contributed by atoms with Crippen LogP contribution in [0, 0.1) is 5.92 Å². The largest absolute Gasteiger partial charge is 0.333 e. The van der Waals surface area contributed by atoms with Gasteiger partial charge in [0.1, 0.15) is 0 Å². The number of hydrogen-bond acceptors (Lipinski definition) is 4. The molecule has 2 aromatic rings. The molecule has 0 spiro atoms. The molecule has 0 aromatic carbocycles. The lowest BCUT2D eigenvalue weighted by Gasteiger charge is -2.16. The van der Waals surface area contributed by atoms with E-state index in [1.165, 1.54) is 4.57 Å². The van der Waals surface area contributed by atoms with Crippen LogP contribution in [0.3, 0.4) is 0 Å². The molecule has 7 nitrogen and oxygen atoms in total. The maximum absolute atomic E-state index is 12.6. The van der Waals surface area contributed by atoms with E-state index in [2.05, 4.69) is 4.98 Å². The van der Waals surface area contributed by atoms with Crippen molar-refractivity contribution in [1.82, 2.24) is 18.7 Å². The van der Waals surface area contributed by atoms with Gasteiger partial charge in [0.2, 0.25) is 0 Å². The van der Waals surface area contributed by atoms with Crippen LogP contribution in [-0.2, 0) is 13.6 Å². The van der Waals surface area contributed by atoms with Crippen molar-refractivity contribution in [2.75, 3.05) is 6.54 Å². The van der Waals surface area contributed by atoms with Gasteiger partial charge in [0.05, 0.1) is 12.4 Å². The quantitative estimate of drug-likeness (QED) is 0.858. The maximum atomic E-state index is 12.6. The van der Waals surface area contributed by atoms with E-state index in [-0.39, 0.29) is 29.8 Å². The lowest BCUT2D eigenvalue weighted by molar-refractivity contribution is 0.454. The molecule has 0 aliphatic rings. The minimum absolute atomic E-state index is 0.236. The van der Waals surface area contributed by atoms with Gasteiger partial charge in [0.25, 0.3) is 5.56 Å². The van der Waals surface area contributed by atoms with Gasteiger partial charge in [-0.05, 0) is 12.8 Å². The zero-order valence-electron chi connectivity index (χ0n) is 12.3. The highest BCUT2D eigenvalue weighted by molar-refractivity contribution is 5.69. The number of nitrogens with two attached hydrogens (primary N) is 1. The Morgan fingerprint density at radius 2 is 1.95 bits per heavy atom. The van der Waals surface area contributed by atoms with E-state index in [1.807, 2.05) is 13.8 Å². The number of aromatic nitrogens is 4. The van der Waals surface area contributed by atoms with Crippen molar-refractivity contribution >= 4 is 11.2 Å². The first-order chi connectivity index (χ1) is 9.38. The highest BCUT2D eigenvalue weighted by Crippen LogP contribution is 2.09. The molecular weight excluding hydrogens is 258 g/mol. The van der Waals surface area contributed by atoms with E-state index in [1.54, 1.807) is 29.4 Å². The van der Waals surface area contributed by atoms with Crippen LogP contribution in [0.5, 0.6) is 0 Å². The Morgan fingerprint density at radius 1 is 1.30 bits per heavy atom. The van der Waals surface area contributed by atoms with Crippen LogP contribution >= 0.6 is 0 Å². The van der Waals surface area contributed by atoms with E-state index < -0.39 is 0 Å². The summed E-state index contributed by atoms with van der Waals surface area (Å²) >= 11 is 0. The van der Waals surface area contributed by atoms with Crippen molar-refractivity contribution in [3.63, 3.8) is 0 Å². The van der Waals surface area contributed by atoms with Gasteiger partial charge in [-0.25, -0.2) is 9.78 Å². The second-order valence-corrected chi connectivity index (χ2v) is 5.57. The Balaban J connectivity index is 2.90. The lowest BCUT2D eigenvalue weighted by Crippen LogP contribution is -2.44. The van der Waals surface area contributed by atoms with E-state index in [0.717, 1.165) is 0 Å². The second kappa shape index (κ2) is 5.24. The predicted molar refractivity (Wildman–Crippen MR) is 77.8 cm³/mol. The minimum atomic E-state index is -0.340. The summed E-state index contributed by atoms with van der Waals surface area (Å²) in [5.74, 6) is 0.275. The first-order valence-electron chi connectivity index (χ1n) is 6.74. The predicted octanol–water partition coefficient (Wildman–Crippen LogP) is 0.0724. The van der Waals surface area contributed by atoms with Crippen LogP contribution in [0.4, 0.5) is 0 Å². The average molecular weight is 279 g/mol. The number of nitrogens with zero attached hydrogens (tertiary/aromatic N) is 4. The third-order valence-electron chi connectivity index (χ3n) is 3.36. The van der Waals surface area contributed by atoms with Crippen LogP contribution in [0.2, 0.25) is 0 Å². The van der Waals surface area contributed by atoms with Crippen LogP contribution < -0.4 is 17.0 Å². The summed E-state index contributed by atoms with van der Waals surface area (Å²) in [5, 5.41) is 0. The highest BCUT2D eigenvalue weighted by Gasteiger charge is 2.19. The Kier molecular flexibility index (Phi) is 3.80. The topological polar surface area (TPSA) is 87.8 Å². The fourth-order valence-corrected chi connectivity index (χ4v) is 2.31. The van der Waals surface area contributed by atoms with Crippen LogP contribution in [0.1, 0.15) is 26.8 Å². The number of rotatable bonds is 4. The zero-order valence-corrected chi connectivity index (χ0v) is 12.3. The fourth-order valence-electron chi connectivity index (χ4n) is 2.31. The molecule has 0 amide bonds. The number of aryl methyl sites for hydroxylation is 1. The monoisotopic (exact) mass is 279 g/mol. The first kappa shape index (κ1) is 14.5. The normalized spacial score (nSPS) is 13.3. The highest BCUT2D eigenvalue weighted by atomic mass is 16.2. The molecule has 2 heterocycles. The Bertz CT molecular complexity index is 738. The molecule has 0 saturated carbocycles. The molecule has 1 unspecified atom stereocenters. The molecule has 7 heteroatoms. The summed E-state index contributed by atoms with van der Waals surface area (Å²) in [5.41, 5.74) is 5.83. The summed E-state index contributed by atoms with van der Waals surface area (Å²) in [6.07, 6.45) is 1.56. The third kappa shape index (κ3) is 2.18. The summed E-state index contributed by atoms with van der Waals surface area (Å²) in [6.45, 7) is 6.56. The van der Waals surface area contributed by atoms with Crippen LogP contribution in [0.15, 0.2) is 15.9 Å². The van der Waals surface area contributed by atoms with Crippen LogP contribution in [-0.4, -0.2) is 25.2 Å². The van der Waals surface area contributed by atoms with Gasteiger partial charge in [-0.3, -0.25) is 13.9 Å². The van der Waals surface area contributed by atoms with E-state index >= 15 is 0 Å². The molecule has 2 N–H and O–H groups in total. The molecule has 0 bridgehead atoms. The van der Waals surface area contributed by atoms with Crippen molar-refractivity contribution in [2.24, 2.45) is 18.7 Å². The SMILES string of the molecule is CC(C)Cn1c(=O)n(C(C)CN)c(=O)c2c1ncn2C. The van der Waals surface area contributed by atoms with Crippen molar-refractivity contribution < 1.29 is 0 Å². The van der Waals surface area contributed by atoms with E-state index in [4.69, 9.17) is 5.73 Å². The summed E-state index contributed by atoms with van der Waals surface area (Å²) in [4.78, 5) is 29.3. The van der Waals surface area contributed by atoms with Gasteiger partial charge in [-0.1, -0.05) is 13.8 Å². The smallest absolute Gasteiger partial charge is 0.328 e. The molecule has 0 saturated heterocycles. The second-order valence-electron chi connectivity index (χ2n) is 5.57. The molecule has 0 fully saturated rings. The third-order valence-corrected chi connectivity index (χ3v) is 3.36. The van der Waals surface area contributed by atoms with Gasteiger partial charge >= 0.3 is 5.69 Å². The minimum Gasteiger partial charge on any atom is -0.328 e. The summed E-state index contributed by atoms with van der Waals surface area (Å²) in [6, 6.07) is -0.340. The lowest BCUT2D eigenvalue weighted by atomic mass is 10.2. The molecule has 2 rings (SSSR count). The first-order valence-corrected chi connectivity index (χ1v) is 6.74. The molecule has 1 atom stereocenters. The van der Waals surface area contributed by atoms with Crippen molar-refractivity contribution in [3.05, 3.63) is 27.2 Å². The van der Waals surface area contributed by atoms with E-state index in [9.17, 15) is 9.59 Å². The fraction of sp³-hybridized carbons (Fsp3) is 0.615. The summed E-state index contributed by atoms with van der Waals surface area (Å²) < 4.78 is 4.44. The summed E-state index contributed by atoms with van der Waals surface area (Å²) in [7, 11) is 1.75. The average Bonchev–Trinajstić information content (AvgIpc) is 2.76. The molecule has 0 radical (unpaired) electrons. The molecule has 0 aliphatic carbocycles. The number of fused-ring (bicyclic) bond motifs is 1. The Morgan fingerprint density at radius 3 is 2.50 bits per heavy atom. The van der Waals surface area contributed by atoms with E-state index in [0.29, 0.717) is 17.7 Å². The molecule has 2 aromatic heterocycles. The Labute approximate surface area is 116 Å². The molecule has 110 valence electrons. The maximum Gasteiger partial charge on any atom is 0.333 e. The van der Waals surface area contributed by atoms with Crippen LogP contribution in [0.25, 0.3) is 11.2 Å². The van der Waals surface area contributed by atoms with Gasteiger partial charge in [-0.2, -0.15) is 0 Å². The van der Waals surface area contributed by atoms with Crippen molar-refractivity contribution in [3.8, 4) is 0 Å². The van der Waals surface area contributed by atoms with Crippen molar-refractivity contribution in [2.45, 2.75) is 33.4 Å². The zero-order chi connectivity index (χ0) is 15.0. The van der Waals surface area contributed by atoms with Gasteiger partial charge in [-0.15, -0.1) is 0 Å². The van der Waals surface area contributed by atoms with Gasteiger partial charge < -0.3 is 10.3 Å². The molecule has 20 heavy (non-hydrogen) atoms. The van der Waals surface area contributed by atoms with Gasteiger partial charge in [0.15, 0.2) is 11.2 Å². The molecular formula is C13H21N5O2. The standard InChI is InChI=1S/C13H21N5O2/c1-8(2)6-17-11-10(16(4)7-15-11)12(19)18(13(17)20)9(3)5-14/h7-9H,5-6,14H2,1-4H3. The number of hydrogen-bond donors (Lipinski definition) is 1. The number of imidazole rings is 1.